The summed E-state index contributed by atoms with van der Waals surface area (Å²) in [5.41, 5.74) is 3.22. The fourth-order valence-corrected chi connectivity index (χ4v) is 4.79. The summed E-state index contributed by atoms with van der Waals surface area (Å²) in [7, 11) is -3.59. The minimum Gasteiger partial charge on any atom is -0.453 e. The Morgan fingerprint density at radius 3 is 2.55 bits per heavy atom. The molecule has 1 aliphatic heterocycles. The summed E-state index contributed by atoms with van der Waals surface area (Å²) in [4.78, 5) is 29.2. The van der Waals surface area contributed by atoms with E-state index in [4.69, 9.17) is 4.74 Å². The van der Waals surface area contributed by atoms with Crippen LogP contribution < -0.4 is 10.0 Å². The first kappa shape index (κ1) is 24.4. The van der Waals surface area contributed by atoms with Crippen molar-refractivity contribution in [3.63, 3.8) is 0 Å². The van der Waals surface area contributed by atoms with Crippen molar-refractivity contribution in [2.24, 2.45) is 4.99 Å². The first-order valence-corrected chi connectivity index (χ1v) is 12.3. The lowest BCUT2D eigenvalue weighted by Crippen LogP contribution is -2.30. The quantitative estimate of drug-likeness (QED) is 0.452. The predicted octanol–water partition coefficient (Wildman–Crippen LogP) is 3.51. The second-order valence-corrected chi connectivity index (χ2v) is 9.90. The van der Waals surface area contributed by atoms with Gasteiger partial charge < -0.3 is 10.1 Å². The van der Waals surface area contributed by atoms with E-state index in [1.807, 2.05) is 39.0 Å². The number of carbonyl (C=O) groups excluding carboxylic acids is 2. The van der Waals surface area contributed by atoms with Gasteiger partial charge in [-0.05, 0) is 49.4 Å². The van der Waals surface area contributed by atoms with Crippen LogP contribution in [0, 0.1) is 6.92 Å². The van der Waals surface area contributed by atoms with Crippen LogP contribution in [0.25, 0.3) is 0 Å². The number of sulfonamides is 1. The molecule has 0 saturated heterocycles. The minimum absolute atomic E-state index is 0.0599. The molecule has 176 valence electrons. The second kappa shape index (κ2) is 10.2. The van der Waals surface area contributed by atoms with Crippen LogP contribution in [0.1, 0.15) is 56.2 Å². The molecule has 0 saturated carbocycles. The van der Waals surface area contributed by atoms with Gasteiger partial charge in [-0.1, -0.05) is 44.2 Å². The highest BCUT2D eigenvalue weighted by Gasteiger charge is 2.30. The monoisotopic (exact) mass is 471 g/mol. The Kier molecular flexibility index (Phi) is 7.53. The van der Waals surface area contributed by atoms with E-state index in [-0.39, 0.29) is 29.6 Å². The van der Waals surface area contributed by atoms with Gasteiger partial charge in [0.1, 0.15) is 5.84 Å². The molecule has 3 rings (SSSR count). The number of aryl methyl sites for hydroxylation is 1. The van der Waals surface area contributed by atoms with Crippen molar-refractivity contribution in [2.45, 2.75) is 57.5 Å². The van der Waals surface area contributed by atoms with Crippen LogP contribution in [0.2, 0.25) is 0 Å². The van der Waals surface area contributed by atoms with Gasteiger partial charge in [0.05, 0.1) is 4.90 Å². The third-order valence-corrected chi connectivity index (χ3v) is 6.72. The molecule has 2 aromatic rings. The predicted molar refractivity (Wildman–Crippen MR) is 127 cm³/mol. The molecule has 0 aromatic heterocycles. The zero-order valence-corrected chi connectivity index (χ0v) is 20.0. The Morgan fingerprint density at radius 1 is 1.09 bits per heavy atom. The highest BCUT2D eigenvalue weighted by atomic mass is 32.2. The molecule has 2 N–H and O–H groups in total. The summed E-state index contributed by atoms with van der Waals surface area (Å²) >= 11 is 0. The Morgan fingerprint density at radius 2 is 1.82 bits per heavy atom. The number of nitrogens with zero attached hydrogens (tertiary/aromatic N) is 1. The number of anilines is 1. The molecule has 1 heterocycles. The Balaban J connectivity index is 1.51. The van der Waals surface area contributed by atoms with Crippen molar-refractivity contribution in [3.05, 3.63) is 59.2 Å². The Bertz CT molecular complexity index is 1190. The van der Waals surface area contributed by atoms with Gasteiger partial charge in [-0.15, -0.1) is 0 Å². The zero-order chi connectivity index (χ0) is 24.2. The molecule has 33 heavy (non-hydrogen) atoms. The van der Waals surface area contributed by atoms with Gasteiger partial charge in [-0.3, -0.25) is 19.3 Å². The smallest absolute Gasteiger partial charge is 0.306 e. The van der Waals surface area contributed by atoms with Crippen LogP contribution >= 0.6 is 0 Å². The van der Waals surface area contributed by atoms with Gasteiger partial charge in [0, 0.05) is 24.2 Å². The van der Waals surface area contributed by atoms with Crippen LogP contribution in [0.4, 0.5) is 5.69 Å². The second-order valence-electron chi connectivity index (χ2n) is 8.25. The minimum atomic E-state index is -3.59. The number of para-hydroxylation sites is 1. The van der Waals surface area contributed by atoms with Crippen LogP contribution in [-0.4, -0.2) is 38.8 Å². The van der Waals surface area contributed by atoms with Gasteiger partial charge in [0.25, 0.3) is 15.9 Å². The first-order valence-electron chi connectivity index (χ1n) is 10.9. The number of hydrogen-bond donors (Lipinski definition) is 2. The van der Waals surface area contributed by atoms with E-state index in [0.29, 0.717) is 12.0 Å². The molecule has 0 fully saturated rings. The van der Waals surface area contributed by atoms with E-state index in [2.05, 4.69) is 15.0 Å². The maximum Gasteiger partial charge on any atom is 0.306 e. The first-order chi connectivity index (χ1) is 15.6. The molecular weight excluding hydrogens is 442 g/mol. The van der Waals surface area contributed by atoms with E-state index in [1.165, 1.54) is 13.0 Å². The summed E-state index contributed by atoms with van der Waals surface area (Å²) in [5, 5.41) is 2.88. The molecule has 0 unspecified atom stereocenters. The number of hydrogen-bond acceptors (Lipinski definition) is 6. The van der Waals surface area contributed by atoms with Crippen molar-refractivity contribution in [1.82, 2.24) is 4.72 Å². The van der Waals surface area contributed by atoms with Gasteiger partial charge in [-0.25, -0.2) is 8.42 Å². The third-order valence-electron chi connectivity index (χ3n) is 5.32. The lowest BCUT2D eigenvalue weighted by atomic mass is 9.98. The maximum absolute atomic E-state index is 12.6. The van der Waals surface area contributed by atoms with Gasteiger partial charge in [0.15, 0.2) is 6.10 Å². The average molecular weight is 472 g/mol. The van der Waals surface area contributed by atoms with E-state index in [0.717, 1.165) is 16.8 Å². The van der Waals surface area contributed by atoms with Crippen LogP contribution in [0.5, 0.6) is 0 Å². The molecule has 0 bridgehead atoms. The number of amides is 1. The normalized spacial score (nSPS) is 16.2. The van der Waals surface area contributed by atoms with Crippen molar-refractivity contribution < 1.29 is 22.7 Å². The van der Waals surface area contributed by atoms with Crippen molar-refractivity contribution in [2.75, 3.05) is 11.9 Å². The molecule has 0 aliphatic carbocycles. The molecule has 0 spiro atoms. The molecule has 0 radical (unpaired) electrons. The summed E-state index contributed by atoms with van der Waals surface area (Å²) in [6.07, 6.45) is -0.530. The molecule has 9 heteroatoms. The summed E-state index contributed by atoms with van der Waals surface area (Å²) < 4.78 is 31.9. The van der Waals surface area contributed by atoms with Crippen LogP contribution in [0.3, 0.4) is 0 Å². The largest absolute Gasteiger partial charge is 0.453 e. The third kappa shape index (κ3) is 5.78. The van der Waals surface area contributed by atoms with E-state index < -0.39 is 28.0 Å². The summed E-state index contributed by atoms with van der Waals surface area (Å²) in [6.45, 7) is 7.79. The fraction of sp³-hybridized carbons (Fsp3) is 0.375. The van der Waals surface area contributed by atoms with E-state index in [1.54, 1.807) is 18.2 Å². The van der Waals surface area contributed by atoms with Crippen LogP contribution in [-0.2, 0) is 24.3 Å². The average Bonchev–Trinajstić information content (AvgIpc) is 3.02. The number of ether oxygens (including phenoxy) is 1. The number of carbonyl (C=O) groups is 2. The highest BCUT2D eigenvalue weighted by molar-refractivity contribution is 7.90. The molecule has 1 aliphatic rings. The summed E-state index contributed by atoms with van der Waals surface area (Å²) in [6, 6.07) is 12.4. The molecule has 1 amide bonds. The number of aliphatic imine (C=N–C) groups is 1. The summed E-state index contributed by atoms with van der Waals surface area (Å²) in [5.74, 6) is -0.405. The number of esters is 1. The standard InChI is InChI=1S/C24H29N3O5S/c1-15(2)18-11-7-9-16(3)22(18)26-24(29)17(4)32-21(28)13-8-14-25-23-19-10-5-6-12-20(19)33(30,31)27-23/h5-7,9-12,15,17H,8,13-14H2,1-4H3,(H,25,27)(H,26,29)/t17-/m1/s1. The van der Waals surface area contributed by atoms with Crippen molar-refractivity contribution in [1.29, 1.82) is 0 Å². The number of benzene rings is 2. The van der Waals surface area contributed by atoms with Crippen LogP contribution in [0.15, 0.2) is 52.4 Å². The number of nitrogens with one attached hydrogen (secondary N) is 2. The number of amidine groups is 1. The molecule has 8 nitrogen and oxygen atoms in total. The number of rotatable bonds is 8. The SMILES string of the molecule is Cc1cccc(C(C)C)c1NC(=O)[C@@H](C)OC(=O)CCCN=C1NS(=O)(=O)c2ccccc21. The molecule has 1 atom stereocenters. The Labute approximate surface area is 194 Å². The van der Waals surface area contributed by atoms with Gasteiger partial charge in [0.2, 0.25) is 0 Å². The zero-order valence-electron chi connectivity index (χ0n) is 19.2. The topological polar surface area (TPSA) is 114 Å². The highest BCUT2D eigenvalue weighted by Crippen LogP contribution is 2.27. The van der Waals surface area contributed by atoms with Crippen molar-refractivity contribution in [3.8, 4) is 0 Å². The van der Waals surface area contributed by atoms with E-state index in [9.17, 15) is 18.0 Å². The fourth-order valence-electron chi connectivity index (χ4n) is 3.54. The maximum atomic E-state index is 12.6. The van der Waals surface area contributed by atoms with Gasteiger partial charge in [-0.2, -0.15) is 0 Å². The molecular formula is C24H29N3O5S. The van der Waals surface area contributed by atoms with Crippen molar-refractivity contribution >= 4 is 33.4 Å². The lowest BCUT2D eigenvalue weighted by Gasteiger charge is -2.19. The number of fused-ring (bicyclic) bond motifs is 1. The molecule has 2 aromatic carbocycles. The van der Waals surface area contributed by atoms with E-state index >= 15 is 0 Å². The lowest BCUT2D eigenvalue weighted by molar-refractivity contribution is -0.153. The Hall–Kier alpha value is -3.20. The van der Waals surface area contributed by atoms with Gasteiger partial charge >= 0.3 is 5.97 Å².